The summed E-state index contributed by atoms with van der Waals surface area (Å²) in [4.78, 5) is 17.1. The Morgan fingerprint density at radius 3 is 1.57 bits per heavy atom. The number of nitrogens with zero attached hydrogens (tertiary/aromatic N) is 4. The van der Waals surface area contributed by atoms with Crippen molar-refractivity contribution in [2.45, 2.75) is 19.3 Å². The van der Waals surface area contributed by atoms with Gasteiger partial charge in [-0.1, -0.05) is 129 Å². The molecule has 224 valence electrons. The highest BCUT2D eigenvalue weighted by Gasteiger charge is 2.37. The van der Waals surface area contributed by atoms with E-state index in [1.54, 1.807) is 0 Å². The molecule has 1 aliphatic heterocycles. The van der Waals surface area contributed by atoms with Gasteiger partial charge in [-0.15, -0.1) is 0 Å². The van der Waals surface area contributed by atoms with Gasteiger partial charge in [-0.05, 0) is 41.5 Å². The van der Waals surface area contributed by atoms with Gasteiger partial charge < -0.3 is 9.32 Å². The summed E-state index contributed by atoms with van der Waals surface area (Å²) in [7, 11) is 0. The van der Waals surface area contributed by atoms with Crippen LogP contribution in [0.2, 0.25) is 0 Å². The lowest BCUT2D eigenvalue weighted by Crippen LogP contribution is -2.30. The Morgan fingerprint density at radius 1 is 0.468 bits per heavy atom. The standard InChI is InChI=1S/C42H30N4O/c1-42(2)32-19-9-11-21-34(32)46(35-22-12-10-20-33(35)42)36-23-13-18-31-30-25-24-29(26-37(30)47-38(31)36)41-44-39(27-14-5-3-6-15-27)43-40(45-41)28-16-7-4-8-17-28/h3-26H,1-2H3. The Bertz CT molecular complexity index is 2340. The Labute approximate surface area is 272 Å². The zero-order chi connectivity index (χ0) is 31.5. The Balaban J connectivity index is 1.22. The quantitative estimate of drug-likeness (QED) is 0.199. The lowest BCUT2D eigenvalue weighted by atomic mass is 9.73. The van der Waals surface area contributed by atoms with E-state index >= 15 is 0 Å². The van der Waals surface area contributed by atoms with Crippen LogP contribution in [0.4, 0.5) is 17.1 Å². The van der Waals surface area contributed by atoms with Gasteiger partial charge in [-0.3, -0.25) is 0 Å². The summed E-state index contributed by atoms with van der Waals surface area (Å²) in [5, 5.41) is 2.11. The van der Waals surface area contributed by atoms with Gasteiger partial charge in [0, 0.05) is 32.9 Å². The molecule has 0 aliphatic carbocycles. The van der Waals surface area contributed by atoms with Crippen LogP contribution in [-0.4, -0.2) is 15.0 Å². The predicted octanol–water partition coefficient (Wildman–Crippen LogP) is 10.9. The Kier molecular flexibility index (Phi) is 6.09. The second-order valence-corrected chi connectivity index (χ2v) is 12.5. The minimum atomic E-state index is -0.137. The van der Waals surface area contributed by atoms with Crippen LogP contribution in [0.15, 0.2) is 150 Å². The zero-order valence-corrected chi connectivity index (χ0v) is 26.1. The van der Waals surface area contributed by atoms with Crippen molar-refractivity contribution >= 4 is 39.0 Å². The molecule has 0 saturated heterocycles. The number of para-hydroxylation sites is 3. The number of aromatic nitrogens is 3. The molecule has 9 rings (SSSR count). The average molecular weight is 607 g/mol. The Hall–Kier alpha value is -6.07. The van der Waals surface area contributed by atoms with Gasteiger partial charge in [0.2, 0.25) is 0 Å². The molecule has 5 nitrogen and oxygen atoms in total. The van der Waals surface area contributed by atoms with E-state index in [-0.39, 0.29) is 5.41 Å². The van der Waals surface area contributed by atoms with Crippen LogP contribution >= 0.6 is 0 Å². The molecule has 3 heterocycles. The van der Waals surface area contributed by atoms with E-state index < -0.39 is 0 Å². The summed E-state index contributed by atoms with van der Waals surface area (Å²) >= 11 is 0. The number of furan rings is 1. The molecule has 0 spiro atoms. The molecular weight excluding hydrogens is 576 g/mol. The van der Waals surface area contributed by atoms with E-state index in [1.165, 1.54) is 11.1 Å². The summed E-state index contributed by atoms with van der Waals surface area (Å²) in [5.41, 5.74) is 10.1. The van der Waals surface area contributed by atoms with Crippen LogP contribution in [0.1, 0.15) is 25.0 Å². The highest BCUT2D eigenvalue weighted by atomic mass is 16.3. The van der Waals surface area contributed by atoms with Gasteiger partial charge in [0.15, 0.2) is 23.1 Å². The minimum absolute atomic E-state index is 0.137. The van der Waals surface area contributed by atoms with Crippen molar-refractivity contribution in [3.63, 3.8) is 0 Å². The number of benzene rings is 6. The van der Waals surface area contributed by atoms with Gasteiger partial charge in [0.25, 0.3) is 0 Å². The molecule has 0 radical (unpaired) electrons. The highest BCUT2D eigenvalue weighted by Crippen LogP contribution is 2.53. The van der Waals surface area contributed by atoms with Crippen LogP contribution in [-0.2, 0) is 5.41 Å². The summed E-state index contributed by atoms with van der Waals surface area (Å²) in [6, 6.07) is 50.1. The van der Waals surface area contributed by atoms with Crippen molar-refractivity contribution in [1.82, 2.24) is 15.0 Å². The fraction of sp³-hybridized carbons (Fsp3) is 0.0714. The highest BCUT2D eigenvalue weighted by molar-refractivity contribution is 6.11. The minimum Gasteiger partial charge on any atom is -0.454 e. The largest absolute Gasteiger partial charge is 0.454 e. The lowest BCUT2D eigenvalue weighted by Gasteiger charge is -2.41. The van der Waals surface area contributed by atoms with Crippen molar-refractivity contribution < 1.29 is 4.42 Å². The zero-order valence-electron chi connectivity index (χ0n) is 26.1. The molecule has 6 aromatic carbocycles. The first-order valence-electron chi connectivity index (χ1n) is 15.9. The second-order valence-electron chi connectivity index (χ2n) is 12.5. The fourth-order valence-electron chi connectivity index (χ4n) is 6.96. The summed E-state index contributed by atoms with van der Waals surface area (Å²) in [5.74, 6) is 1.86. The molecule has 47 heavy (non-hydrogen) atoms. The van der Waals surface area contributed by atoms with E-state index in [2.05, 4.69) is 104 Å². The van der Waals surface area contributed by atoms with Crippen molar-refractivity contribution in [2.24, 2.45) is 0 Å². The molecule has 8 aromatic rings. The number of fused-ring (bicyclic) bond motifs is 5. The van der Waals surface area contributed by atoms with Crippen molar-refractivity contribution in [3.05, 3.63) is 157 Å². The first kappa shape index (κ1) is 27.3. The first-order valence-corrected chi connectivity index (χ1v) is 15.9. The fourth-order valence-corrected chi connectivity index (χ4v) is 6.96. The summed E-state index contributed by atoms with van der Waals surface area (Å²) in [6.07, 6.45) is 0. The molecule has 0 atom stereocenters. The van der Waals surface area contributed by atoms with Crippen LogP contribution in [0.5, 0.6) is 0 Å². The maximum absolute atomic E-state index is 6.80. The number of rotatable bonds is 4. The third-order valence-corrected chi connectivity index (χ3v) is 9.31. The van der Waals surface area contributed by atoms with Gasteiger partial charge in [-0.25, -0.2) is 15.0 Å². The molecular formula is C42H30N4O. The molecule has 2 aromatic heterocycles. The third-order valence-electron chi connectivity index (χ3n) is 9.31. The van der Waals surface area contributed by atoms with Crippen LogP contribution in [0.3, 0.4) is 0 Å². The summed E-state index contributed by atoms with van der Waals surface area (Å²) < 4.78 is 6.80. The van der Waals surface area contributed by atoms with Gasteiger partial charge in [0.05, 0.1) is 17.1 Å². The van der Waals surface area contributed by atoms with Gasteiger partial charge in [0.1, 0.15) is 5.58 Å². The normalized spacial score (nSPS) is 13.4. The molecule has 0 saturated carbocycles. The van der Waals surface area contributed by atoms with E-state index in [9.17, 15) is 0 Å². The van der Waals surface area contributed by atoms with Crippen LogP contribution in [0, 0.1) is 0 Å². The molecule has 0 N–H and O–H groups in total. The van der Waals surface area contributed by atoms with Gasteiger partial charge >= 0.3 is 0 Å². The molecule has 1 aliphatic rings. The van der Waals surface area contributed by atoms with Crippen molar-refractivity contribution in [3.8, 4) is 34.2 Å². The topological polar surface area (TPSA) is 55.1 Å². The molecule has 0 amide bonds. The monoisotopic (exact) mass is 606 g/mol. The Morgan fingerprint density at radius 2 is 0.979 bits per heavy atom. The number of hydrogen-bond acceptors (Lipinski definition) is 5. The number of hydrogen-bond donors (Lipinski definition) is 0. The molecule has 0 unspecified atom stereocenters. The predicted molar refractivity (Wildman–Crippen MR) is 190 cm³/mol. The second kappa shape index (κ2) is 10.5. The molecule has 0 fully saturated rings. The summed E-state index contributed by atoms with van der Waals surface area (Å²) in [6.45, 7) is 4.61. The molecule has 0 bridgehead atoms. The van der Waals surface area contributed by atoms with E-state index in [4.69, 9.17) is 19.4 Å². The van der Waals surface area contributed by atoms with Gasteiger partial charge in [-0.2, -0.15) is 0 Å². The van der Waals surface area contributed by atoms with E-state index in [0.29, 0.717) is 17.5 Å². The van der Waals surface area contributed by atoms with Crippen LogP contribution < -0.4 is 4.90 Å². The maximum Gasteiger partial charge on any atom is 0.164 e. The molecule has 5 heteroatoms. The van der Waals surface area contributed by atoms with E-state index in [0.717, 1.165) is 55.7 Å². The van der Waals surface area contributed by atoms with E-state index in [1.807, 2.05) is 60.7 Å². The SMILES string of the molecule is CC1(C)c2ccccc2N(c2cccc3c2oc2cc(-c4nc(-c5ccccc5)nc(-c5ccccc5)n4)ccc23)c2ccccc21. The van der Waals surface area contributed by atoms with Crippen molar-refractivity contribution in [1.29, 1.82) is 0 Å². The van der Waals surface area contributed by atoms with Crippen molar-refractivity contribution in [2.75, 3.05) is 4.90 Å². The lowest BCUT2D eigenvalue weighted by molar-refractivity contribution is 0.630. The maximum atomic E-state index is 6.80. The van der Waals surface area contributed by atoms with Crippen LogP contribution in [0.25, 0.3) is 56.1 Å². The smallest absolute Gasteiger partial charge is 0.164 e. The number of anilines is 3. The third kappa shape index (κ3) is 4.35. The average Bonchev–Trinajstić information content (AvgIpc) is 3.51. The first-order chi connectivity index (χ1) is 23.1.